The molecule has 81 heavy (non-hydrogen) atoms. The van der Waals surface area contributed by atoms with E-state index in [1.807, 2.05) is 58.5 Å². The topological polar surface area (TPSA) is 267 Å². The number of aliphatic hydroxyl groups excluding tert-OH is 4. The summed E-state index contributed by atoms with van der Waals surface area (Å²) in [6.45, 7) is 21.7. The number of rotatable bonds is 13. The quantitative estimate of drug-likeness (QED) is 0.0934. The number of esters is 1. The van der Waals surface area contributed by atoms with Crippen molar-refractivity contribution in [1.29, 1.82) is 0 Å². The molecular weight excluding hydrogens is 1050 g/mol. The fourth-order valence-electron chi connectivity index (χ4n) is 16.4. The number of ether oxygens (including phenoxy) is 6. The lowest BCUT2D eigenvalue weighted by Crippen LogP contribution is -2.64. The van der Waals surface area contributed by atoms with Crippen molar-refractivity contribution in [1.82, 2.24) is 15.1 Å². The molecule has 4 aliphatic carbocycles. The minimum absolute atomic E-state index is 0.0220. The molecule has 3 aliphatic heterocycles. The largest absolute Gasteiger partial charge is 0.459 e. The zero-order chi connectivity index (χ0) is 60.3. The first-order valence-electron chi connectivity index (χ1n) is 30.3. The van der Waals surface area contributed by atoms with Crippen molar-refractivity contribution in [3.63, 3.8) is 0 Å². The molecule has 7 aliphatic rings. The number of fused-ring (bicyclic) bond motifs is 5. The molecule has 3 saturated heterocycles. The summed E-state index contributed by atoms with van der Waals surface area (Å²) in [5, 5.41) is 88.6. The van der Waals surface area contributed by atoms with Gasteiger partial charge in [0.05, 0.1) is 47.6 Å². The third-order valence-electron chi connectivity index (χ3n) is 21.7. The van der Waals surface area contributed by atoms with E-state index >= 15 is 4.39 Å². The van der Waals surface area contributed by atoms with E-state index in [2.05, 4.69) is 5.32 Å². The third kappa shape index (κ3) is 12.2. The van der Waals surface area contributed by atoms with Gasteiger partial charge in [-0.2, -0.15) is 0 Å². The molecule has 19 nitrogen and oxygen atoms in total. The van der Waals surface area contributed by atoms with E-state index in [4.69, 9.17) is 28.4 Å². The predicted octanol–water partition coefficient (Wildman–Crippen LogP) is 4.47. The van der Waals surface area contributed by atoms with Crippen LogP contribution in [0.3, 0.4) is 0 Å². The van der Waals surface area contributed by atoms with E-state index in [-0.39, 0.29) is 100 Å². The van der Waals surface area contributed by atoms with E-state index in [9.17, 15) is 50.1 Å². The summed E-state index contributed by atoms with van der Waals surface area (Å²) >= 11 is 0. The van der Waals surface area contributed by atoms with Gasteiger partial charge in [0.2, 0.25) is 0 Å². The highest BCUT2D eigenvalue weighted by Crippen LogP contribution is 2.68. The molecule has 464 valence electrons. The minimum Gasteiger partial charge on any atom is -0.459 e. The normalized spacial score (nSPS) is 48.6. The van der Waals surface area contributed by atoms with Gasteiger partial charge in [-0.3, -0.25) is 19.3 Å². The monoisotopic (exact) mass is 1150 g/mol. The Morgan fingerprint density at radius 2 is 1.62 bits per heavy atom. The second-order valence-corrected chi connectivity index (χ2v) is 27.0. The van der Waals surface area contributed by atoms with Crippen molar-refractivity contribution in [3.05, 3.63) is 23.6 Å². The fourth-order valence-corrected chi connectivity index (χ4v) is 16.4. The molecule has 4 unspecified atom stereocenters. The average Bonchev–Trinajstić information content (AvgIpc) is 3.78. The molecule has 8 N–H and O–H groups in total. The maximum absolute atomic E-state index is 16.1. The summed E-state index contributed by atoms with van der Waals surface area (Å²) in [6, 6.07) is -1.14. The molecule has 0 aromatic rings. The van der Waals surface area contributed by atoms with Crippen LogP contribution in [0.1, 0.15) is 154 Å². The summed E-state index contributed by atoms with van der Waals surface area (Å²) in [5.74, 6) is -5.49. The number of aliphatic hydroxyl groups is 7. The van der Waals surface area contributed by atoms with Gasteiger partial charge in [0.1, 0.15) is 35.8 Å². The molecule has 0 spiro atoms. The van der Waals surface area contributed by atoms with Crippen LogP contribution >= 0.6 is 0 Å². The molecule has 5 fully saturated rings. The van der Waals surface area contributed by atoms with Gasteiger partial charge in [0.15, 0.2) is 24.0 Å². The van der Waals surface area contributed by atoms with Crippen LogP contribution in [0, 0.1) is 46.3 Å². The van der Waals surface area contributed by atoms with Gasteiger partial charge in [-0.15, -0.1) is 0 Å². The molecular formula is C61H102FN3O16. The van der Waals surface area contributed by atoms with Crippen LogP contribution in [-0.4, -0.2) is 206 Å². The first kappa shape index (κ1) is 66.0. The van der Waals surface area contributed by atoms with Crippen LogP contribution in [0.2, 0.25) is 0 Å². The molecule has 20 heteroatoms. The molecule has 0 radical (unpaired) electrons. The first-order valence-corrected chi connectivity index (χ1v) is 30.3. The molecule has 3 heterocycles. The first-order chi connectivity index (χ1) is 37.7. The number of likely N-dealkylation sites (N-methyl/N-ethyl adjacent to an activating group) is 1. The third-order valence-corrected chi connectivity index (χ3v) is 21.7. The Balaban J connectivity index is 1.16. The molecule has 0 aromatic heterocycles. The van der Waals surface area contributed by atoms with Crippen molar-refractivity contribution < 1.29 is 82.9 Å². The molecule has 25 atom stereocenters. The maximum Gasteiger partial charge on any atom is 0.311 e. The van der Waals surface area contributed by atoms with E-state index in [0.29, 0.717) is 31.3 Å². The van der Waals surface area contributed by atoms with Gasteiger partial charge in [0.25, 0.3) is 5.91 Å². The molecule has 0 bridgehead atoms. The summed E-state index contributed by atoms with van der Waals surface area (Å²) in [4.78, 5) is 45.7. The van der Waals surface area contributed by atoms with Crippen molar-refractivity contribution in [2.24, 2.45) is 46.3 Å². The van der Waals surface area contributed by atoms with Gasteiger partial charge in [-0.25, -0.2) is 4.39 Å². The van der Waals surface area contributed by atoms with Gasteiger partial charge >= 0.3 is 5.97 Å². The summed E-state index contributed by atoms with van der Waals surface area (Å²) in [7, 11) is 5.22. The lowest BCUT2D eigenvalue weighted by molar-refractivity contribution is -0.319. The number of carbonyl (C=O) groups excluding carboxylic acids is 3. The highest BCUT2D eigenvalue weighted by molar-refractivity contribution is 5.93. The standard InChI is InChI=1S/C61H102FN3O16/c1-16-45-59(12,73)50(69)36(7)65(25-19-23-63-55(72)61(75)32(3)26-40-39-29-42(62)41-28-38(66)20-22-56(41,9)47(39)44(67)30-57(40,61)10)24-18-21-60(74,17-2)52(81-54-48(68)43(64(13)14)27-33(4)77-54)34(5)49(35(6)53(71)79-45)80-46-31-58(11,76-15)51(70)37(8)78-46/h20,22,32-37,39-40,43-52,54,67-70,73-75H,16-19,21,23-31H2,1-15H3,(H,63,72)/t32-,33-,34+,35-,36-,37-,39?,40?,43-,44+,45-,46?,47?,48-,49+,50-,51-,52-,54+,56+,57+,58+,59-,60-,61+/m1/s1. The fraction of sp³-hybridized carbons (Fsp3) is 0.885. The number of amides is 1. The Morgan fingerprint density at radius 1 is 0.938 bits per heavy atom. The second-order valence-electron chi connectivity index (χ2n) is 27.0. The second kappa shape index (κ2) is 25.0. The number of carbonyl (C=O) groups is 3. The molecule has 0 aromatic carbocycles. The number of allylic oxidation sites excluding steroid dienone is 4. The number of cyclic esters (lactones) is 1. The zero-order valence-electron chi connectivity index (χ0n) is 51.1. The van der Waals surface area contributed by atoms with Gasteiger partial charge in [-0.1, -0.05) is 47.6 Å². The number of hydrogen-bond donors (Lipinski definition) is 8. The maximum atomic E-state index is 16.1. The van der Waals surface area contributed by atoms with E-state index in [1.54, 1.807) is 47.6 Å². The highest BCUT2D eigenvalue weighted by Gasteiger charge is 2.71. The smallest absolute Gasteiger partial charge is 0.311 e. The van der Waals surface area contributed by atoms with Crippen molar-refractivity contribution in [2.75, 3.05) is 40.8 Å². The SMILES string of the molecule is CC[C@H]1OC(=O)[C@H](C)[C@@H](OC2C[C@](C)(OC)[C@H](O)[C@@H](C)O2)[C@H](C)[C@@H](O[C@@H]2O[C@H](C)C[C@@H](N(C)C)[C@H]2O)[C@@](O)(CC)CCCN(CCCNC(=O)[C@@]2(O)[C@H](C)CC3C4CC(F)=C5CC(=O)C=C[C@]5(C)C4[C@@H](O)C[C@@]32C)[C@H](C)[C@@H](O)[C@]1(C)O. The molecule has 2 saturated carbocycles. The lowest BCUT2D eigenvalue weighted by atomic mass is 9.46. The van der Waals surface area contributed by atoms with E-state index < -0.39 is 136 Å². The number of methoxy groups -OCH3 is 1. The van der Waals surface area contributed by atoms with Crippen molar-refractivity contribution in [2.45, 2.75) is 256 Å². The Kier molecular flexibility index (Phi) is 20.4. The summed E-state index contributed by atoms with van der Waals surface area (Å²) in [6.07, 6.45) is -6.09. The Labute approximate surface area is 480 Å². The molecule has 1 amide bonds. The van der Waals surface area contributed by atoms with Crippen LogP contribution in [0.4, 0.5) is 4.39 Å². The number of hydrogen-bond acceptors (Lipinski definition) is 18. The number of nitrogens with zero attached hydrogens (tertiary/aromatic N) is 2. The van der Waals surface area contributed by atoms with Gasteiger partial charge < -0.3 is 74.4 Å². The van der Waals surface area contributed by atoms with Gasteiger partial charge in [-0.05, 0) is 143 Å². The van der Waals surface area contributed by atoms with E-state index in [1.165, 1.54) is 20.1 Å². The lowest BCUT2D eigenvalue weighted by Gasteiger charge is -2.59. The van der Waals surface area contributed by atoms with Crippen LogP contribution in [-0.2, 0) is 42.8 Å². The Morgan fingerprint density at radius 3 is 2.25 bits per heavy atom. The Hall–Kier alpha value is -2.54. The predicted molar refractivity (Wildman–Crippen MR) is 298 cm³/mol. The summed E-state index contributed by atoms with van der Waals surface area (Å²) < 4.78 is 54.5. The Bertz CT molecular complexity index is 2290. The number of halogens is 1. The highest BCUT2D eigenvalue weighted by atomic mass is 19.1. The van der Waals surface area contributed by atoms with E-state index in [0.717, 1.165) is 0 Å². The zero-order valence-corrected chi connectivity index (χ0v) is 51.1. The number of ketones is 1. The van der Waals surface area contributed by atoms with Crippen molar-refractivity contribution in [3.8, 4) is 0 Å². The van der Waals surface area contributed by atoms with Crippen LogP contribution < -0.4 is 5.32 Å². The van der Waals surface area contributed by atoms with Crippen LogP contribution in [0.5, 0.6) is 0 Å². The summed E-state index contributed by atoms with van der Waals surface area (Å²) in [5.41, 5.74) is -8.25. The number of nitrogens with one attached hydrogen (secondary N) is 1. The molecule has 7 rings (SSSR count). The average molecular weight is 1150 g/mol. The van der Waals surface area contributed by atoms with Crippen molar-refractivity contribution >= 4 is 17.7 Å². The minimum atomic E-state index is -2.00. The van der Waals surface area contributed by atoms with Crippen LogP contribution in [0.15, 0.2) is 23.6 Å². The van der Waals surface area contributed by atoms with Crippen LogP contribution in [0.25, 0.3) is 0 Å². The van der Waals surface area contributed by atoms with Gasteiger partial charge in [0, 0.05) is 74.2 Å².